The molecule has 0 aliphatic carbocycles. The van der Waals surface area contributed by atoms with Crippen LogP contribution < -0.4 is 0 Å². The Hall–Kier alpha value is -6.23. The second-order valence-corrected chi connectivity index (χ2v) is 13.0. The van der Waals surface area contributed by atoms with Gasteiger partial charge >= 0.3 is 0 Å². The van der Waals surface area contributed by atoms with E-state index in [-0.39, 0.29) is 0 Å². The highest BCUT2D eigenvalue weighted by molar-refractivity contribution is 7.26. The zero-order chi connectivity index (χ0) is 32.6. The normalized spacial score (nSPS) is 11.3. The lowest BCUT2D eigenvalue weighted by Gasteiger charge is -2.15. The van der Waals surface area contributed by atoms with Crippen molar-refractivity contribution in [3.05, 3.63) is 176 Å². The molecule has 0 aliphatic heterocycles. The lowest BCUT2D eigenvalue weighted by molar-refractivity contribution is 1.08. The van der Waals surface area contributed by atoms with Crippen LogP contribution in [0.1, 0.15) is 0 Å². The second kappa shape index (κ2) is 12.4. The summed E-state index contributed by atoms with van der Waals surface area (Å²) in [5, 5.41) is 2.47. The topological polar surface area (TPSA) is 38.7 Å². The van der Waals surface area contributed by atoms with Crippen molar-refractivity contribution in [2.24, 2.45) is 0 Å². The number of hydrogen-bond acceptors (Lipinski definition) is 4. The smallest absolute Gasteiger partial charge is 0.165 e. The summed E-state index contributed by atoms with van der Waals surface area (Å²) in [6.45, 7) is 0. The summed E-state index contributed by atoms with van der Waals surface area (Å²) in [5.74, 6) is 1.96. The van der Waals surface area contributed by atoms with Crippen molar-refractivity contribution < 1.29 is 0 Å². The molecule has 0 N–H and O–H groups in total. The van der Waals surface area contributed by atoms with Crippen molar-refractivity contribution in [1.29, 1.82) is 0 Å². The summed E-state index contributed by atoms with van der Waals surface area (Å²) in [5.41, 5.74) is 9.83. The molecule has 0 bridgehead atoms. The van der Waals surface area contributed by atoms with Gasteiger partial charge in [-0.05, 0) is 45.5 Å². The van der Waals surface area contributed by atoms with Crippen molar-refractivity contribution in [2.45, 2.75) is 0 Å². The Labute approximate surface area is 288 Å². The van der Waals surface area contributed by atoms with Gasteiger partial charge in [-0.3, -0.25) is 0 Å². The molecule has 7 aromatic carbocycles. The number of nitrogens with zero attached hydrogens (tertiary/aromatic N) is 3. The molecule has 230 valence electrons. The molecule has 2 heterocycles. The summed E-state index contributed by atoms with van der Waals surface area (Å²) in [7, 11) is 0. The molecule has 0 aliphatic rings. The SMILES string of the molecule is c1ccc(-c2ccc(-c3ccccc3-c3ccccc3-c3nc(-c4ccccc4)nc(-c4cccc5c4sc4ccccc45)n3)cc2)cc1. The van der Waals surface area contributed by atoms with E-state index >= 15 is 0 Å². The standard InChI is InChI=1S/C45H29N3S/c1-3-14-30(15-4-1)31-26-28-32(29-27-31)34-18-7-8-19-35(34)36-20-9-10-22-39(36)44-46-43(33-16-5-2-6-17-33)47-45(48-44)40-24-13-23-38-37-21-11-12-25-41(37)49-42(38)40/h1-29H. The van der Waals surface area contributed by atoms with E-state index < -0.39 is 0 Å². The molecule has 9 aromatic rings. The van der Waals surface area contributed by atoms with Gasteiger partial charge in [0.05, 0.1) is 0 Å². The fraction of sp³-hybridized carbons (Fsp3) is 0. The number of fused-ring (bicyclic) bond motifs is 3. The van der Waals surface area contributed by atoms with Crippen LogP contribution in [0.3, 0.4) is 0 Å². The summed E-state index contributed by atoms with van der Waals surface area (Å²) >= 11 is 1.79. The van der Waals surface area contributed by atoms with Gasteiger partial charge in [-0.25, -0.2) is 15.0 Å². The van der Waals surface area contributed by atoms with Crippen molar-refractivity contribution in [3.63, 3.8) is 0 Å². The van der Waals surface area contributed by atoms with Gasteiger partial charge in [-0.1, -0.05) is 164 Å². The van der Waals surface area contributed by atoms with Gasteiger partial charge in [0.1, 0.15) is 0 Å². The fourth-order valence-electron chi connectivity index (χ4n) is 6.61. The third-order valence-corrected chi connectivity index (χ3v) is 10.2. The average Bonchev–Trinajstić information content (AvgIpc) is 3.58. The van der Waals surface area contributed by atoms with Crippen LogP contribution in [-0.4, -0.2) is 15.0 Å². The molecule has 3 nitrogen and oxygen atoms in total. The van der Waals surface area contributed by atoms with Crippen LogP contribution in [0.25, 0.3) is 87.7 Å². The van der Waals surface area contributed by atoms with Crippen LogP contribution in [0.2, 0.25) is 0 Å². The highest BCUT2D eigenvalue weighted by atomic mass is 32.1. The van der Waals surface area contributed by atoms with E-state index in [0.29, 0.717) is 17.5 Å². The first-order valence-corrected chi connectivity index (χ1v) is 17.2. The minimum Gasteiger partial charge on any atom is -0.208 e. The van der Waals surface area contributed by atoms with Crippen LogP contribution >= 0.6 is 11.3 Å². The molecule has 0 saturated heterocycles. The van der Waals surface area contributed by atoms with Crippen LogP contribution in [0.5, 0.6) is 0 Å². The number of benzene rings is 7. The van der Waals surface area contributed by atoms with Gasteiger partial charge in [0.25, 0.3) is 0 Å². The molecule has 9 rings (SSSR count). The molecule has 4 heteroatoms. The van der Waals surface area contributed by atoms with E-state index in [4.69, 9.17) is 15.0 Å². The second-order valence-electron chi connectivity index (χ2n) is 12.0. The van der Waals surface area contributed by atoms with Crippen molar-refractivity contribution in [3.8, 4) is 67.5 Å². The molecule has 0 radical (unpaired) electrons. The predicted molar refractivity (Wildman–Crippen MR) is 205 cm³/mol. The maximum absolute atomic E-state index is 5.24. The molecular formula is C45H29N3S. The molecule has 0 unspecified atom stereocenters. The first-order chi connectivity index (χ1) is 24.3. The highest BCUT2D eigenvalue weighted by Crippen LogP contribution is 2.41. The van der Waals surface area contributed by atoms with Crippen LogP contribution in [0.15, 0.2) is 176 Å². The Morgan fingerprint density at radius 1 is 0.286 bits per heavy atom. The molecule has 49 heavy (non-hydrogen) atoms. The molecule has 0 atom stereocenters. The van der Waals surface area contributed by atoms with Crippen molar-refractivity contribution in [2.75, 3.05) is 0 Å². The summed E-state index contributed by atoms with van der Waals surface area (Å²) in [6.07, 6.45) is 0. The highest BCUT2D eigenvalue weighted by Gasteiger charge is 2.19. The van der Waals surface area contributed by atoms with E-state index in [9.17, 15) is 0 Å². The van der Waals surface area contributed by atoms with Crippen LogP contribution in [0.4, 0.5) is 0 Å². The maximum Gasteiger partial charge on any atom is 0.165 e. The van der Waals surface area contributed by atoms with Gasteiger partial charge in [-0.15, -0.1) is 11.3 Å². The molecule has 0 fully saturated rings. The third kappa shape index (κ3) is 5.38. The number of rotatable bonds is 6. The van der Waals surface area contributed by atoms with Crippen LogP contribution in [-0.2, 0) is 0 Å². The minimum atomic E-state index is 0.645. The summed E-state index contributed by atoms with van der Waals surface area (Å²) in [6, 6.07) is 61.5. The van der Waals surface area contributed by atoms with Crippen molar-refractivity contribution >= 4 is 31.5 Å². The summed E-state index contributed by atoms with van der Waals surface area (Å²) in [4.78, 5) is 15.5. The molecule has 0 spiro atoms. The molecule has 2 aromatic heterocycles. The van der Waals surface area contributed by atoms with Gasteiger partial charge in [0.15, 0.2) is 17.5 Å². The third-order valence-electron chi connectivity index (χ3n) is 9.00. The lowest BCUT2D eigenvalue weighted by Crippen LogP contribution is -2.01. The Kier molecular flexibility index (Phi) is 7.34. The molecule has 0 saturated carbocycles. The quantitative estimate of drug-likeness (QED) is 0.181. The number of hydrogen-bond donors (Lipinski definition) is 0. The van der Waals surface area contributed by atoms with Crippen LogP contribution in [0, 0.1) is 0 Å². The number of thiophene rings is 1. The monoisotopic (exact) mass is 643 g/mol. The Bertz CT molecular complexity index is 2590. The van der Waals surface area contributed by atoms with Gasteiger partial charge in [0, 0.05) is 36.9 Å². The van der Waals surface area contributed by atoms with Gasteiger partial charge in [-0.2, -0.15) is 0 Å². The van der Waals surface area contributed by atoms with E-state index in [2.05, 4.69) is 152 Å². The minimum absolute atomic E-state index is 0.645. The lowest BCUT2D eigenvalue weighted by atomic mass is 9.91. The predicted octanol–water partition coefficient (Wildman–Crippen LogP) is 12.2. The molecule has 0 amide bonds. The van der Waals surface area contributed by atoms with Crippen molar-refractivity contribution in [1.82, 2.24) is 15.0 Å². The van der Waals surface area contributed by atoms with E-state index in [1.165, 1.54) is 31.3 Å². The van der Waals surface area contributed by atoms with E-state index in [1.807, 2.05) is 24.3 Å². The summed E-state index contributed by atoms with van der Waals surface area (Å²) < 4.78 is 2.43. The molecular weight excluding hydrogens is 615 g/mol. The van der Waals surface area contributed by atoms with E-state index in [1.54, 1.807) is 11.3 Å². The number of aromatic nitrogens is 3. The van der Waals surface area contributed by atoms with E-state index in [0.717, 1.165) is 38.9 Å². The Morgan fingerprint density at radius 3 is 1.49 bits per heavy atom. The first kappa shape index (κ1) is 29.0. The maximum atomic E-state index is 5.24. The van der Waals surface area contributed by atoms with Gasteiger partial charge in [0.2, 0.25) is 0 Å². The Balaban J connectivity index is 1.22. The fourth-order valence-corrected chi connectivity index (χ4v) is 7.82. The average molecular weight is 644 g/mol. The first-order valence-electron chi connectivity index (χ1n) is 16.4. The largest absolute Gasteiger partial charge is 0.208 e. The van der Waals surface area contributed by atoms with Gasteiger partial charge < -0.3 is 0 Å². The zero-order valence-electron chi connectivity index (χ0n) is 26.5. The zero-order valence-corrected chi connectivity index (χ0v) is 27.3. The Morgan fingerprint density at radius 2 is 0.755 bits per heavy atom.